The third-order valence-electron chi connectivity index (χ3n) is 6.68. The van der Waals surface area contributed by atoms with Crippen LogP contribution >= 0.6 is 0 Å². The Kier molecular flexibility index (Phi) is 6.15. The van der Waals surface area contributed by atoms with Gasteiger partial charge in [-0.3, -0.25) is 0 Å². The van der Waals surface area contributed by atoms with Gasteiger partial charge in [-0.05, 0) is 29.9 Å². The number of hydrogen-bond donors (Lipinski definition) is 2. The first-order chi connectivity index (χ1) is 13.8. The van der Waals surface area contributed by atoms with Crippen LogP contribution in [0.2, 0.25) is 0 Å². The number of nitrogens with one attached hydrogen (secondary N) is 1. The first-order valence-corrected chi connectivity index (χ1v) is 10.9. The van der Waals surface area contributed by atoms with Crippen molar-refractivity contribution >= 4 is 0 Å². The van der Waals surface area contributed by atoms with Crippen LogP contribution in [0.3, 0.4) is 0 Å². The van der Waals surface area contributed by atoms with Crippen LogP contribution in [0.1, 0.15) is 55.6 Å². The second kappa shape index (κ2) is 8.95. The van der Waals surface area contributed by atoms with Gasteiger partial charge in [-0.1, -0.05) is 85.8 Å². The Balaban J connectivity index is 1.46. The molecule has 2 fully saturated rings. The third-order valence-corrected chi connectivity index (χ3v) is 6.68. The summed E-state index contributed by atoms with van der Waals surface area (Å²) in [7, 11) is 0. The molecule has 3 atom stereocenters. The zero-order valence-electron chi connectivity index (χ0n) is 16.7. The summed E-state index contributed by atoms with van der Waals surface area (Å²) in [5.74, 6) is 7.64. The highest BCUT2D eigenvalue weighted by Gasteiger charge is 2.37. The van der Waals surface area contributed by atoms with Gasteiger partial charge in [0.05, 0.1) is 13.1 Å². The normalized spacial score (nSPS) is 24.9. The lowest BCUT2D eigenvalue weighted by molar-refractivity contribution is -0.880. The van der Waals surface area contributed by atoms with E-state index in [9.17, 15) is 5.11 Å². The molecule has 2 heteroatoms. The Bertz CT molecular complexity index is 801. The highest BCUT2D eigenvalue weighted by molar-refractivity contribution is 5.33. The van der Waals surface area contributed by atoms with Gasteiger partial charge in [0.2, 0.25) is 0 Å². The van der Waals surface area contributed by atoms with Crippen LogP contribution in [0.25, 0.3) is 0 Å². The second-order valence-electron chi connectivity index (χ2n) is 8.55. The fourth-order valence-electron chi connectivity index (χ4n) is 5.03. The van der Waals surface area contributed by atoms with Gasteiger partial charge < -0.3 is 10.0 Å². The molecule has 2 aliphatic rings. The van der Waals surface area contributed by atoms with Crippen molar-refractivity contribution in [3.63, 3.8) is 0 Å². The minimum atomic E-state index is -1.00. The predicted octanol–water partition coefficient (Wildman–Crippen LogP) is 3.53. The first-order valence-electron chi connectivity index (χ1n) is 10.9. The summed E-state index contributed by atoms with van der Waals surface area (Å²) in [6.45, 7) is 3.14. The van der Waals surface area contributed by atoms with Gasteiger partial charge in [-0.25, -0.2) is 0 Å². The fourth-order valence-corrected chi connectivity index (χ4v) is 5.03. The fraction of sp³-hybridized carbons (Fsp3) is 0.462. The molecule has 2 aromatic carbocycles. The van der Waals surface area contributed by atoms with E-state index in [1.807, 2.05) is 30.3 Å². The molecule has 1 saturated heterocycles. The highest BCUT2D eigenvalue weighted by atomic mass is 16.3. The summed E-state index contributed by atoms with van der Waals surface area (Å²) in [6, 6.07) is 21.0. The summed E-state index contributed by atoms with van der Waals surface area (Å²) < 4.78 is 0. The Hall–Kier alpha value is -2.08. The zero-order valence-corrected chi connectivity index (χ0v) is 16.7. The molecule has 0 aromatic heterocycles. The van der Waals surface area contributed by atoms with Crippen molar-refractivity contribution in [3.05, 3.63) is 71.8 Å². The van der Waals surface area contributed by atoms with Crippen molar-refractivity contribution in [3.8, 4) is 11.8 Å². The number of benzene rings is 2. The number of quaternary nitrogens is 1. The minimum absolute atomic E-state index is 0.252. The van der Waals surface area contributed by atoms with Crippen molar-refractivity contribution in [1.29, 1.82) is 0 Å². The maximum atomic E-state index is 11.6. The maximum absolute atomic E-state index is 11.6. The van der Waals surface area contributed by atoms with Crippen LogP contribution in [-0.4, -0.2) is 24.7 Å². The molecule has 146 valence electrons. The lowest BCUT2D eigenvalue weighted by Gasteiger charge is -2.35. The molecule has 4 rings (SSSR count). The summed E-state index contributed by atoms with van der Waals surface area (Å²) >= 11 is 0. The van der Waals surface area contributed by atoms with E-state index in [-0.39, 0.29) is 5.92 Å². The van der Waals surface area contributed by atoms with E-state index >= 15 is 0 Å². The van der Waals surface area contributed by atoms with Crippen molar-refractivity contribution in [1.82, 2.24) is 0 Å². The molecule has 1 unspecified atom stereocenters. The molecule has 2 N–H and O–H groups in total. The molecule has 1 heterocycles. The maximum Gasteiger partial charge on any atom is 0.153 e. The number of aliphatic hydroxyl groups is 1. The van der Waals surface area contributed by atoms with Crippen molar-refractivity contribution in [2.24, 2.45) is 5.92 Å². The number of rotatable bonds is 4. The summed E-state index contributed by atoms with van der Waals surface area (Å²) in [5.41, 5.74) is 1.42. The minimum Gasteiger partial charge on any atom is -0.373 e. The molecule has 28 heavy (non-hydrogen) atoms. The highest BCUT2D eigenvalue weighted by Crippen LogP contribution is 2.38. The molecule has 2 nitrogen and oxygen atoms in total. The molecule has 1 aliphatic carbocycles. The smallest absolute Gasteiger partial charge is 0.153 e. The first kappa shape index (κ1) is 19.2. The lowest BCUT2D eigenvalue weighted by atomic mass is 9.73. The summed E-state index contributed by atoms with van der Waals surface area (Å²) in [4.78, 5) is 1.54. The molecule has 1 saturated carbocycles. The Morgan fingerprint density at radius 2 is 1.57 bits per heavy atom. The van der Waals surface area contributed by atoms with Crippen molar-refractivity contribution in [2.75, 3.05) is 19.6 Å². The monoisotopic (exact) mass is 374 g/mol. The van der Waals surface area contributed by atoms with E-state index in [2.05, 4.69) is 42.2 Å². The average Bonchev–Trinajstić information content (AvgIpc) is 3.24. The molecule has 0 spiro atoms. The van der Waals surface area contributed by atoms with Gasteiger partial charge in [0.15, 0.2) is 5.60 Å². The van der Waals surface area contributed by atoms with Crippen LogP contribution in [0.5, 0.6) is 0 Å². The zero-order chi connectivity index (χ0) is 19.2. The van der Waals surface area contributed by atoms with Crippen molar-refractivity contribution in [2.45, 2.75) is 50.0 Å². The van der Waals surface area contributed by atoms with Crippen molar-refractivity contribution < 1.29 is 10.0 Å². The molecule has 2 aromatic rings. The van der Waals surface area contributed by atoms with E-state index in [1.54, 1.807) is 4.90 Å². The number of likely N-dealkylation sites (tertiary alicyclic amines) is 1. The molecular weight excluding hydrogens is 342 g/mol. The molecule has 1 aliphatic heterocycles. The van der Waals surface area contributed by atoms with Crippen LogP contribution < -0.4 is 4.90 Å². The summed E-state index contributed by atoms with van der Waals surface area (Å²) in [6.07, 6.45) is 7.08. The van der Waals surface area contributed by atoms with Gasteiger partial charge in [0.1, 0.15) is 6.54 Å². The Morgan fingerprint density at radius 3 is 2.29 bits per heavy atom. The summed E-state index contributed by atoms with van der Waals surface area (Å²) in [5, 5.41) is 11.6. The Morgan fingerprint density at radius 1 is 0.893 bits per heavy atom. The SMILES string of the molecule is O[C@](C#CC[NH+]1CC[C@@H](c2ccccc2)C1)(c1ccccc1)C1CCCCC1. The lowest BCUT2D eigenvalue weighted by Crippen LogP contribution is -3.10. The van der Waals surface area contributed by atoms with Gasteiger partial charge in [-0.2, -0.15) is 0 Å². The van der Waals surface area contributed by atoms with Crippen LogP contribution in [0.15, 0.2) is 60.7 Å². The van der Waals surface area contributed by atoms with Gasteiger partial charge in [-0.15, -0.1) is 0 Å². The van der Waals surface area contributed by atoms with Crippen LogP contribution in [-0.2, 0) is 5.60 Å². The predicted molar refractivity (Wildman–Crippen MR) is 114 cm³/mol. The van der Waals surface area contributed by atoms with Gasteiger partial charge >= 0.3 is 0 Å². The van der Waals surface area contributed by atoms with Gasteiger partial charge in [0.25, 0.3) is 0 Å². The average molecular weight is 375 g/mol. The van der Waals surface area contributed by atoms with Crippen LogP contribution in [0, 0.1) is 17.8 Å². The molecule has 0 amide bonds. The van der Waals surface area contributed by atoms with E-state index in [0.717, 1.165) is 31.5 Å². The largest absolute Gasteiger partial charge is 0.373 e. The van der Waals surface area contributed by atoms with E-state index in [0.29, 0.717) is 5.92 Å². The van der Waals surface area contributed by atoms with Crippen LogP contribution in [0.4, 0.5) is 0 Å². The standard InChI is InChI=1S/C26H31NO/c28-26(24-13-6-2-7-14-24,25-15-8-3-9-16-25)18-10-19-27-20-17-23(21-27)22-11-4-1-5-12-22/h1-2,4-7,11-14,23,25,28H,3,8-9,15-17,19-21H2/p+1/t23-,26-/m1/s1. The third kappa shape index (κ3) is 4.32. The molecular formula is C26H32NO+. The topological polar surface area (TPSA) is 24.7 Å². The van der Waals surface area contributed by atoms with E-state index in [1.165, 1.54) is 37.8 Å². The molecule has 0 radical (unpaired) electrons. The van der Waals surface area contributed by atoms with E-state index < -0.39 is 5.60 Å². The quantitative estimate of drug-likeness (QED) is 0.787. The number of hydrogen-bond acceptors (Lipinski definition) is 1. The van der Waals surface area contributed by atoms with Gasteiger partial charge in [0, 0.05) is 18.3 Å². The van der Waals surface area contributed by atoms with E-state index in [4.69, 9.17) is 0 Å². The second-order valence-corrected chi connectivity index (χ2v) is 8.55. The molecule has 0 bridgehead atoms. The Labute approximate surface area is 169 Å².